The lowest BCUT2D eigenvalue weighted by Gasteiger charge is -2.12. The van der Waals surface area contributed by atoms with Crippen molar-refractivity contribution in [3.05, 3.63) is 74.6 Å². The molecule has 0 fully saturated rings. The molecule has 1 aromatic heterocycles. The summed E-state index contributed by atoms with van der Waals surface area (Å²) >= 11 is 15.2. The SMILES string of the molecule is COc1ccc(C(=O)Nc2cc(Cl)ccc2Cl)cc1NC(=O)c1ccc(Br)o1. The predicted molar refractivity (Wildman–Crippen MR) is 112 cm³/mol. The van der Waals surface area contributed by atoms with E-state index in [0.29, 0.717) is 31.8 Å². The maximum atomic E-state index is 12.6. The van der Waals surface area contributed by atoms with Gasteiger partial charge in [-0.1, -0.05) is 23.2 Å². The van der Waals surface area contributed by atoms with Crippen molar-refractivity contribution in [1.29, 1.82) is 0 Å². The Morgan fingerprint density at radius 3 is 2.39 bits per heavy atom. The number of benzene rings is 2. The summed E-state index contributed by atoms with van der Waals surface area (Å²) in [4.78, 5) is 24.9. The summed E-state index contributed by atoms with van der Waals surface area (Å²) in [6.45, 7) is 0. The first-order chi connectivity index (χ1) is 13.4. The van der Waals surface area contributed by atoms with E-state index in [0.717, 1.165) is 0 Å². The Kier molecular flexibility index (Phi) is 6.28. The summed E-state index contributed by atoms with van der Waals surface area (Å²) in [5.41, 5.74) is 0.971. The number of carbonyl (C=O) groups excluding carboxylic acids is 2. The molecule has 6 nitrogen and oxygen atoms in total. The zero-order valence-electron chi connectivity index (χ0n) is 14.4. The predicted octanol–water partition coefficient (Wildman–Crippen LogP) is 5.86. The standard InChI is InChI=1S/C19H13BrCl2N2O4/c1-27-15-5-2-10(18(25)23-13-9-11(21)3-4-12(13)22)8-14(15)24-19(26)16-6-7-17(20)28-16/h2-9H,1H3,(H,23,25)(H,24,26). The van der Waals surface area contributed by atoms with Crippen molar-refractivity contribution in [2.75, 3.05) is 17.7 Å². The van der Waals surface area contributed by atoms with E-state index in [2.05, 4.69) is 26.6 Å². The zero-order valence-corrected chi connectivity index (χ0v) is 17.5. The Morgan fingerprint density at radius 2 is 1.71 bits per heavy atom. The van der Waals surface area contributed by atoms with Gasteiger partial charge in [0.05, 0.1) is 23.5 Å². The Balaban J connectivity index is 1.84. The van der Waals surface area contributed by atoms with E-state index in [1.165, 1.54) is 19.2 Å². The fourth-order valence-corrected chi connectivity index (χ4v) is 3.00. The average Bonchev–Trinajstić information content (AvgIpc) is 3.11. The van der Waals surface area contributed by atoms with Crippen LogP contribution in [0.25, 0.3) is 0 Å². The highest BCUT2D eigenvalue weighted by atomic mass is 79.9. The highest BCUT2D eigenvalue weighted by Gasteiger charge is 2.16. The minimum absolute atomic E-state index is 0.106. The van der Waals surface area contributed by atoms with Crippen molar-refractivity contribution in [3.63, 3.8) is 0 Å². The van der Waals surface area contributed by atoms with Crippen LogP contribution in [0.3, 0.4) is 0 Å². The van der Waals surface area contributed by atoms with E-state index in [4.69, 9.17) is 32.4 Å². The van der Waals surface area contributed by atoms with Gasteiger partial charge < -0.3 is 19.8 Å². The van der Waals surface area contributed by atoms with Crippen LogP contribution in [0.5, 0.6) is 5.75 Å². The van der Waals surface area contributed by atoms with Gasteiger partial charge in [-0.3, -0.25) is 9.59 Å². The molecule has 0 atom stereocenters. The molecule has 0 aliphatic carbocycles. The van der Waals surface area contributed by atoms with Gasteiger partial charge in [0, 0.05) is 10.6 Å². The third kappa shape index (κ3) is 4.67. The molecule has 0 aliphatic rings. The van der Waals surface area contributed by atoms with Crippen LogP contribution >= 0.6 is 39.1 Å². The molecule has 0 aliphatic heterocycles. The van der Waals surface area contributed by atoms with Crippen LogP contribution in [0.2, 0.25) is 10.0 Å². The minimum Gasteiger partial charge on any atom is -0.495 e. The van der Waals surface area contributed by atoms with Gasteiger partial charge in [-0.25, -0.2) is 0 Å². The summed E-state index contributed by atoms with van der Waals surface area (Å²) in [5, 5.41) is 6.14. The van der Waals surface area contributed by atoms with Gasteiger partial charge in [-0.2, -0.15) is 0 Å². The zero-order chi connectivity index (χ0) is 20.3. The number of hydrogen-bond donors (Lipinski definition) is 2. The van der Waals surface area contributed by atoms with Crippen LogP contribution in [0.4, 0.5) is 11.4 Å². The van der Waals surface area contributed by atoms with Crippen LogP contribution in [-0.4, -0.2) is 18.9 Å². The molecular weight excluding hydrogens is 471 g/mol. The molecule has 2 N–H and O–H groups in total. The van der Waals surface area contributed by atoms with Crippen molar-refractivity contribution in [2.24, 2.45) is 0 Å². The minimum atomic E-state index is -0.487. The van der Waals surface area contributed by atoms with Gasteiger partial charge in [0.2, 0.25) is 0 Å². The summed E-state index contributed by atoms with van der Waals surface area (Å²) in [5.74, 6) is -0.423. The van der Waals surface area contributed by atoms with Crippen LogP contribution < -0.4 is 15.4 Å². The van der Waals surface area contributed by atoms with Crippen molar-refractivity contribution in [2.45, 2.75) is 0 Å². The molecule has 28 heavy (non-hydrogen) atoms. The first kappa shape index (κ1) is 20.3. The summed E-state index contributed by atoms with van der Waals surface area (Å²) in [7, 11) is 1.46. The maximum Gasteiger partial charge on any atom is 0.291 e. The number of carbonyl (C=O) groups is 2. The summed E-state index contributed by atoms with van der Waals surface area (Å²) < 4.78 is 10.9. The second kappa shape index (κ2) is 8.68. The molecule has 0 unspecified atom stereocenters. The van der Waals surface area contributed by atoms with Crippen LogP contribution in [-0.2, 0) is 0 Å². The first-order valence-corrected chi connectivity index (χ1v) is 9.43. The van der Waals surface area contributed by atoms with Crippen molar-refractivity contribution >= 4 is 62.3 Å². The fourth-order valence-electron chi connectivity index (χ4n) is 2.35. The number of halogens is 3. The monoisotopic (exact) mass is 482 g/mol. The van der Waals surface area contributed by atoms with Crippen molar-refractivity contribution < 1.29 is 18.7 Å². The van der Waals surface area contributed by atoms with Gasteiger partial charge in [0.15, 0.2) is 10.4 Å². The van der Waals surface area contributed by atoms with Crippen LogP contribution in [0.15, 0.2) is 57.6 Å². The molecule has 2 amide bonds. The molecular formula is C19H13BrCl2N2O4. The number of furan rings is 1. The molecule has 0 saturated carbocycles. The number of anilines is 2. The molecule has 0 radical (unpaired) electrons. The maximum absolute atomic E-state index is 12.6. The smallest absolute Gasteiger partial charge is 0.291 e. The average molecular weight is 484 g/mol. The summed E-state index contributed by atoms with van der Waals surface area (Å²) in [6.07, 6.45) is 0. The number of rotatable bonds is 5. The Morgan fingerprint density at radius 1 is 0.964 bits per heavy atom. The van der Waals surface area contributed by atoms with Gasteiger partial charge in [-0.15, -0.1) is 0 Å². The molecule has 3 rings (SSSR count). The van der Waals surface area contributed by atoms with E-state index in [1.807, 2.05) is 0 Å². The largest absolute Gasteiger partial charge is 0.495 e. The van der Waals surface area contributed by atoms with Crippen LogP contribution in [0.1, 0.15) is 20.9 Å². The van der Waals surface area contributed by atoms with Gasteiger partial charge in [-0.05, 0) is 64.5 Å². The molecule has 3 aromatic rings. The lowest BCUT2D eigenvalue weighted by Crippen LogP contribution is -2.15. The van der Waals surface area contributed by atoms with Gasteiger partial charge in [0.25, 0.3) is 11.8 Å². The van der Waals surface area contributed by atoms with Crippen LogP contribution in [0, 0.1) is 0 Å². The second-order valence-corrected chi connectivity index (χ2v) is 7.18. The highest BCUT2D eigenvalue weighted by molar-refractivity contribution is 9.10. The van der Waals surface area contributed by atoms with Crippen molar-refractivity contribution in [1.82, 2.24) is 0 Å². The molecule has 144 valence electrons. The number of hydrogen-bond acceptors (Lipinski definition) is 4. The fraction of sp³-hybridized carbons (Fsp3) is 0.0526. The highest BCUT2D eigenvalue weighted by Crippen LogP contribution is 2.29. The van der Waals surface area contributed by atoms with E-state index in [1.54, 1.807) is 36.4 Å². The third-order valence-electron chi connectivity index (χ3n) is 3.68. The lowest BCUT2D eigenvalue weighted by molar-refractivity contribution is 0.0992. The Bertz CT molecular complexity index is 1050. The second-order valence-electron chi connectivity index (χ2n) is 5.55. The lowest BCUT2D eigenvalue weighted by atomic mass is 10.1. The number of amides is 2. The normalized spacial score (nSPS) is 10.4. The quantitative estimate of drug-likeness (QED) is 0.476. The van der Waals surface area contributed by atoms with E-state index >= 15 is 0 Å². The molecule has 0 saturated heterocycles. The summed E-state index contributed by atoms with van der Waals surface area (Å²) in [6, 6.07) is 12.5. The van der Waals surface area contributed by atoms with Gasteiger partial charge in [0.1, 0.15) is 5.75 Å². The molecule has 0 spiro atoms. The third-order valence-corrected chi connectivity index (χ3v) is 4.67. The molecule has 2 aromatic carbocycles. The number of ether oxygens (including phenoxy) is 1. The number of nitrogens with one attached hydrogen (secondary N) is 2. The van der Waals surface area contributed by atoms with Gasteiger partial charge >= 0.3 is 0 Å². The van der Waals surface area contributed by atoms with E-state index in [-0.39, 0.29) is 11.3 Å². The Labute approximate surface area is 178 Å². The van der Waals surface area contributed by atoms with E-state index < -0.39 is 11.8 Å². The molecule has 0 bridgehead atoms. The molecule has 1 heterocycles. The van der Waals surface area contributed by atoms with E-state index in [9.17, 15) is 9.59 Å². The first-order valence-electron chi connectivity index (χ1n) is 7.88. The molecule has 9 heteroatoms. The number of methoxy groups -OCH3 is 1. The topological polar surface area (TPSA) is 80.6 Å². The Hall–Kier alpha value is -2.48. The van der Waals surface area contributed by atoms with Crippen molar-refractivity contribution in [3.8, 4) is 5.75 Å².